The molecule has 0 aromatic heterocycles. The predicted molar refractivity (Wildman–Crippen MR) is 65.9 cm³/mol. The fourth-order valence-corrected chi connectivity index (χ4v) is 2.06. The molecule has 0 aliphatic heterocycles. The number of hydrogen-bond donors (Lipinski definition) is 1. The zero-order chi connectivity index (χ0) is 14.0. The number of benzene rings is 1. The van der Waals surface area contributed by atoms with Crippen LogP contribution in [0.4, 0.5) is 13.2 Å². The molecule has 2 rings (SSSR count). The van der Waals surface area contributed by atoms with Crippen LogP contribution in [-0.4, -0.2) is 11.9 Å². The highest BCUT2D eigenvalue weighted by molar-refractivity contribution is 5.96. The van der Waals surface area contributed by atoms with E-state index in [0.717, 1.165) is 25.3 Å². The monoisotopic (exact) mass is 271 g/mol. The first-order chi connectivity index (χ1) is 8.91. The van der Waals surface area contributed by atoms with Gasteiger partial charge in [0.2, 0.25) is 0 Å². The summed E-state index contributed by atoms with van der Waals surface area (Å²) in [7, 11) is 0. The summed E-state index contributed by atoms with van der Waals surface area (Å²) in [6.07, 6.45) is -1.28. The Morgan fingerprint density at radius 1 is 1.37 bits per heavy atom. The number of aryl methyl sites for hydroxylation is 1. The van der Waals surface area contributed by atoms with E-state index in [1.807, 2.05) is 0 Å². The molecule has 1 aliphatic rings. The van der Waals surface area contributed by atoms with Crippen LogP contribution in [0, 0.1) is 0 Å². The molecule has 0 saturated heterocycles. The quantitative estimate of drug-likeness (QED) is 0.895. The number of carbonyl (C=O) groups excluding carboxylic acids is 1. The molecule has 1 aromatic carbocycles. The van der Waals surface area contributed by atoms with E-state index < -0.39 is 17.6 Å². The lowest BCUT2D eigenvalue weighted by Gasteiger charge is -2.27. The number of alkyl halides is 3. The van der Waals surface area contributed by atoms with E-state index in [9.17, 15) is 18.0 Å². The van der Waals surface area contributed by atoms with Crippen LogP contribution in [0.25, 0.3) is 0 Å². The molecule has 0 bridgehead atoms. The molecule has 1 N–H and O–H groups in total. The van der Waals surface area contributed by atoms with Crippen LogP contribution in [0.2, 0.25) is 0 Å². The number of amides is 1. The summed E-state index contributed by atoms with van der Waals surface area (Å²) >= 11 is 0. The maximum absolute atomic E-state index is 13.0. The van der Waals surface area contributed by atoms with Crippen molar-refractivity contribution in [2.45, 2.75) is 44.8 Å². The molecule has 0 unspecified atom stereocenters. The maximum atomic E-state index is 13.0. The van der Waals surface area contributed by atoms with Gasteiger partial charge in [-0.3, -0.25) is 4.79 Å². The Labute approximate surface area is 110 Å². The van der Waals surface area contributed by atoms with Crippen LogP contribution in [0.5, 0.6) is 0 Å². The van der Waals surface area contributed by atoms with Gasteiger partial charge < -0.3 is 5.32 Å². The number of hydrogen-bond acceptors (Lipinski definition) is 1. The lowest BCUT2D eigenvalue weighted by Crippen LogP contribution is -2.40. The van der Waals surface area contributed by atoms with Crippen molar-refractivity contribution < 1.29 is 18.0 Å². The molecule has 104 valence electrons. The van der Waals surface area contributed by atoms with Gasteiger partial charge in [-0.15, -0.1) is 0 Å². The van der Waals surface area contributed by atoms with Gasteiger partial charge in [-0.25, -0.2) is 0 Å². The summed E-state index contributed by atoms with van der Waals surface area (Å²) in [6, 6.07) is 3.94. The molecular weight excluding hydrogens is 255 g/mol. The van der Waals surface area contributed by atoms with Gasteiger partial charge in [0.05, 0.1) is 11.1 Å². The Kier molecular flexibility index (Phi) is 3.83. The van der Waals surface area contributed by atoms with Crippen LogP contribution >= 0.6 is 0 Å². The number of carbonyl (C=O) groups is 1. The number of halogens is 3. The van der Waals surface area contributed by atoms with Gasteiger partial charge in [0, 0.05) is 6.04 Å². The smallest absolute Gasteiger partial charge is 0.349 e. The number of rotatable bonds is 3. The van der Waals surface area contributed by atoms with Gasteiger partial charge in [0.15, 0.2) is 0 Å². The molecule has 0 radical (unpaired) electrons. The summed E-state index contributed by atoms with van der Waals surface area (Å²) in [4.78, 5) is 11.9. The largest absolute Gasteiger partial charge is 0.417 e. The molecule has 1 fully saturated rings. The summed E-state index contributed by atoms with van der Waals surface area (Å²) in [5, 5.41) is 2.64. The fraction of sp³-hybridized carbons (Fsp3) is 0.500. The van der Waals surface area contributed by atoms with Crippen molar-refractivity contribution in [3.8, 4) is 0 Å². The number of nitrogens with one attached hydrogen (secondary N) is 1. The zero-order valence-electron chi connectivity index (χ0n) is 10.7. The maximum Gasteiger partial charge on any atom is 0.417 e. The molecule has 1 saturated carbocycles. The minimum atomic E-state index is -4.50. The lowest BCUT2D eigenvalue weighted by atomic mass is 9.92. The third kappa shape index (κ3) is 3.08. The summed E-state index contributed by atoms with van der Waals surface area (Å²) < 4.78 is 38.9. The van der Waals surface area contributed by atoms with E-state index in [4.69, 9.17) is 0 Å². The van der Waals surface area contributed by atoms with E-state index in [-0.39, 0.29) is 11.6 Å². The first-order valence-corrected chi connectivity index (χ1v) is 6.42. The van der Waals surface area contributed by atoms with Gasteiger partial charge in [0.1, 0.15) is 0 Å². The fourth-order valence-electron chi connectivity index (χ4n) is 2.06. The Morgan fingerprint density at radius 3 is 2.53 bits per heavy atom. The molecule has 19 heavy (non-hydrogen) atoms. The third-order valence-electron chi connectivity index (χ3n) is 3.48. The van der Waals surface area contributed by atoms with Crippen molar-refractivity contribution in [2.24, 2.45) is 0 Å². The van der Waals surface area contributed by atoms with Crippen LogP contribution in [0.3, 0.4) is 0 Å². The Hall–Kier alpha value is -1.52. The molecule has 0 spiro atoms. The topological polar surface area (TPSA) is 29.1 Å². The first-order valence-electron chi connectivity index (χ1n) is 6.42. The van der Waals surface area contributed by atoms with Crippen molar-refractivity contribution in [3.63, 3.8) is 0 Å². The third-order valence-corrected chi connectivity index (χ3v) is 3.48. The Morgan fingerprint density at radius 2 is 2.05 bits per heavy atom. The van der Waals surface area contributed by atoms with Gasteiger partial charge in [-0.1, -0.05) is 13.0 Å². The van der Waals surface area contributed by atoms with E-state index in [0.29, 0.717) is 12.0 Å². The zero-order valence-corrected chi connectivity index (χ0v) is 10.7. The predicted octanol–water partition coefficient (Wildman–Crippen LogP) is 3.55. The van der Waals surface area contributed by atoms with E-state index in [1.54, 1.807) is 13.0 Å². The van der Waals surface area contributed by atoms with Crippen molar-refractivity contribution in [2.75, 3.05) is 0 Å². The second-order valence-electron chi connectivity index (χ2n) is 4.83. The molecule has 0 heterocycles. The molecule has 5 heteroatoms. The lowest BCUT2D eigenvalue weighted by molar-refractivity contribution is -0.138. The highest BCUT2D eigenvalue weighted by Crippen LogP contribution is 2.33. The second kappa shape index (κ2) is 5.23. The minimum absolute atomic E-state index is 0.0273. The van der Waals surface area contributed by atoms with Gasteiger partial charge >= 0.3 is 6.18 Å². The van der Waals surface area contributed by atoms with Gasteiger partial charge in [-0.05, 0) is 43.4 Å². The van der Waals surface area contributed by atoms with Crippen LogP contribution in [0.1, 0.15) is 47.7 Å². The molecular formula is C14H16F3NO. The molecule has 2 nitrogen and oxygen atoms in total. The standard InChI is InChI=1S/C14H16F3NO/c1-2-9-6-7-11(12(8-9)14(15,16)17)13(19)18-10-4-3-5-10/h6-8,10H,2-5H2,1H3,(H,18,19). The van der Waals surface area contributed by atoms with Gasteiger partial charge in [-0.2, -0.15) is 13.2 Å². The van der Waals surface area contributed by atoms with E-state index in [2.05, 4.69) is 5.32 Å². The highest BCUT2D eigenvalue weighted by Gasteiger charge is 2.36. The van der Waals surface area contributed by atoms with E-state index >= 15 is 0 Å². The summed E-state index contributed by atoms with van der Waals surface area (Å²) in [6.45, 7) is 1.78. The van der Waals surface area contributed by atoms with Crippen molar-refractivity contribution >= 4 is 5.91 Å². The average molecular weight is 271 g/mol. The van der Waals surface area contributed by atoms with Crippen LogP contribution < -0.4 is 5.32 Å². The SMILES string of the molecule is CCc1ccc(C(=O)NC2CCC2)c(C(F)(F)F)c1. The summed E-state index contributed by atoms with van der Waals surface area (Å²) in [5.74, 6) is -0.625. The van der Waals surface area contributed by atoms with Crippen molar-refractivity contribution in [1.82, 2.24) is 5.32 Å². The Bertz CT molecular complexity index is 478. The van der Waals surface area contributed by atoms with Crippen LogP contribution in [-0.2, 0) is 12.6 Å². The Balaban J connectivity index is 2.29. The second-order valence-corrected chi connectivity index (χ2v) is 4.83. The van der Waals surface area contributed by atoms with E-state index in [1.165, 1.54) is 6.07 Å². The van der Waals surface area contributed by atoms with Gasteiger partial charge in [0.25, 0.3) is 5.91 Å². The first kappa shape index (κ1) is 13.9. The summed E-state index contributed by atoms with van der Waals surface area (Å²) in [5.41, 5.74) is -0.548. The van der Waals surface area contributed by atoms with Crippen molar-refractivity contribution in [3.05, 3.63) is 34.9 Å². The average Bonchev–Trinajstić information content (AvgIpc) is 2.31. The highest BCUT2D eigenvalue weighted by atomic mass is 19.4. The molecule has 1 aliphatic carbocycles. The molecule has 0 atom stereocenters. The minimum Gasteiger partial charge on any atom is -0.349 e. The van der Waals surface area contributed by atoms with Crippen LogP contribution in [0.15, 0.2) is 18.2 Å². The van der Waals surface area contributed by atoms with Crippen molar-refractivity contribution in [1.29, 1.82) is 0 Å². The normalized spacial score (nSPS) is 16.0. The molecule has 1 aromatic rings. The molecule has 1 amide bonds.